The number of nitrogens with one attached hydrogen (secondary N) is 2. The van der Waals surface area contributed by atoms with E-state index in [-0.39, 0.29) is 24.0 Å². The maximum absolute atomic E-state index is 5.86. The number of likely N-dealkylation sites (N-methyl/N-ethyl adjacent to an activating group) is 1. The van der Waals surface area contributed by atoms with Crippen molar-refractivity contribution >= 4 is 29.9 Å². The molecular formula is C21H39IN4O2. The second kappa shape index (κ2) is 15.8. The van der Waals surface area contributed by atoms with Crippen molar-refractivity contribution in [2.24, 2.45) is 4.99 Å². The van der Waals surface area contributed by atoms with E-state index in [0.717, 1.165) is 43.5 Å². The molecule has 0 aliphatic carbocycles. The van der Waals surface area contributed by atoms with Crippen molar-refractivity contribution in [1.29, 1.82) is 0 Å². The normalized spacial score (nSPS) is 11.5. The number of hydrogen-bond acceptors (Lipinski definition) is 4. The van der Waals surface area contributed by atoms with Gasteiger partial charge in [-0.3, -0.25) is 4.90 Å². The molecule has 7 heteroatoms. The first-order valence-electron chi connectivity index (χ1n) is 9.99. The fraction of sp³-hybridized carbons (Fsp3) is 0.667. The summed E-state index contributed by atoms with van der Waals surface area (Å²) < 4.78 is 10.9. The predicted molar refractivity (Wildman–Crippen MR) is 129 cm³/mol. The highest BCUT2D eigenvalue weighted by atomic mass is 127. The van der Waals surface area contributed by atoms with E-state index in [9.17, 15) is 0 Å². The molecule has 0 heterocycles. The largest absolute Gasteiger partial charge is 0.491 e. The van der Waals surface area contributed by atoms with Gasteiger partial charge >= 0.3 is 0 Å². The van der Waals surface area contributed by atoms with Gasteiger partial charge in [-0.2, -0.15) is 0 Å². The molecule has 0 aromatic heterocycles. The van der Waals surface area contributed by atoms with E-state index in [4.69, 9.17) is 14.5 Å². The molecule has 1 aromatic rings. The van der Waals surface area contributed by atoms with Crippen LogP contribution in [0.4, 0.5) is 0 Å². The number of rotatable bonds is 12. The summed E-state index contributed by atoms with van der Waals surface area (Å²) >= 11 is 0. The van der Waals surface area contributed by atoms with Gasteiger partial charge in [0.15, 0.2) is 5.96 Å². The third-order valence-corrected chi connectivity index (χ3v) is 4.35. The smallest absolute Gasteiger partial charge is 0.191 e. The van der Waals surface area contributed by atoms with Crippen LogP contribution < -0.4 is 15.4 Å². The van der Waals surface area contributed by atoms with Gasteiger partial charge in [0, 0.05) is 38.3 Å². The number of nitrogens with zero attached hydrogens (tertiary/aromatic N) is 2. The molecule has 0 fully saturated rings. The maximum Gasteiger partial charge on any atom is 0.191 e. The van der Waals surface area contributed by atoms with Gasteiger partial charge in [0.25, 0.3) is 0 Å². The van der Waals surface area contributed by atoms with Crippen molar-refractivity contribution in [1.82, 2.24) is 15.5 Å². The lowest BCUT2D eigenvalue weighted by Gasteiger charge is -2.25. The Morgan fingerprint density at radius 2 is 1.93 bits per heavy atom. The monoisotopic (exact) mass is 506 g/mol. The van der Waals surface area contributed by atoms with Crippen LogP contribution in [-0.4, -0.2) is 63.4 Å². The first-order valence-corrected chi connectivity index (χ1v) is 9.99. The summed E-state index contributed by atoms with van der Waals surface area (Å²) in [5.41, 5.74) is 2.25. The van der Waals surface area contributed by atoms with Crippen LogP contribution in [0.5, 0.6) is 5.75 Å². The Kier molecular flexibility index (Phi) is 15.2. The Morgan fingerprint density at radius 3 is 2.54 bits per heavy atom. The minimum atomic E-state index is 0. The zero-order valence-electron chi connectivity index (χ0n) is 18.4. The molecule has 0 aliphatic rings. The van der Waals surface area contributed by atoms with E-state index < -0.39 is 0 Å². The molecule has 0 atom stereocenters. The quantitative estimate of drug-likeness (QED) is 0.197. The number of aliphatic imine (C=N–C) groups is 1. The highest BCUT2D eigenvalue weighted by Crippen LogP contribution is 2.21. The van der Waals surface area contributed by atoms with Crippen molar-refractivity contribution in [2.75, 3.05) is 46.5 Å². The highest BCUT2D eigenvalue weighted by molar-refractivity contribution is 14.0. The molecule has 0 saturated heterocycles. The Bertz CT molecular complexity index is 567. The van der Waals surface area contributed by atoms with Crippen LogP contribution in [0.25, 0.3) is 0 Å². The van der Waals surface area contributed by atoms with Crippen LogP contribution in [0.3, 0.4) is 0 Å². The fourth-order valence-electron chi connectivity index (χ4n) is 2.77. The fourth-order valence-corrected chi connectivity index (χ4v) is 2.77. The van der Waals surface area contributed by atoms with Crippen molar-refractivity contribution < 1.29 is 9.47 Å². The van der Waals surface area contributed by atoms with Gasteiger partial charge in [-0.05, 0) is 45.9 Å². The second-order valence-electron chi connectivity index (χ2n) is 6.80. The molecule has 0 aliphatic heterocycles. The molecule has 0 bridgehead atoms. The van der Waals surface area contributed by atoms with E-state index in [1.807, 2.05) is 0 Å². The van der Waals surface area contributed by atoms with Crippen molar-refractivity contribution in [2.45, 2.75) is 47.2 Å². The molecule has 0 radical (unpaired) electrons. The standard InChI is InChI=1S/C21H38N4O2.HI/c1-7-22-21(23-11-12-25(8-2)17(3)4)24-16-19-10-9-18(5)15-20(19)27-14-13-26-6;/h9-10,15,17H,7-8,11-14,16H2,1-6H3,(H2,22,23,24);1H. The van der Waals surface area contributed by atoms with Gasteiger partial charge in [-0.15, -0.1) is 24.0 Å². The van der Waals surface area contributed by atoms with E-state index in [0.29, 0.717) is 25.8 Å². The van der Waals surface area contributed by atoms with Crippen molar-refractivity contribution in [3.63, 3.8) is 0 Å². The molecule has 2 N–H and O–H groups in total. The number of hydrogen-bond donors (Lipinski definition) is 2. The molecule has 0 spiro atoms. The summed E-state index contributed by atoms with van der Waals surface area (Å²) in [6, 6.07) is 6.79. The van der Waals surface area contributed by atoms with E-state index in [1.54, 1.807) is 7.11 Å². The molecule has 6 nitrogen and oxygen atoms in total. The zero-order valence-corrected chi connectivity index (χ0v) is 20.7. The SMILES string of the molecule is CCNC(=NCc1ccc(C)cc1OCCOC)NCCN(CC)C(C)C.I. The van der Waals surface area contributed by atoms with Crippen LogP contribution in [0, 0.1) is 6.92 Å². The third-order valence-electron chi connectivity index (χ3n) is 4.35. The zero-order chi connectivity index (χ0) is 20.1. The molecule has 0 saturated carbocycles. The first kappa shape index (κ1) is 26.9. The van der Waals surface area contributed by atoms with Crippen molar-refractivity contribution in [3.8, 4) is 5.75 Å². The summed E-state index contributed by atoms with van der Waals surface area (Å²) in [4.78, 5) is 7.16. The summed E-state index contributed by atoms with van der Waals surface area (Å²) in [6.45, 7) is 16.2. The van der Waals surface area contributed by atoms with E-state index in [1.165, 1.54) is 5.56 Å². The lowest BCUT2D eigenvalue weighted by Crippen LogP contribution is -2.43. The maximum atomic E-state index is 5.86. The summed E-state index contributed by atoms with van der Waals surface area (Å²) in [5.74, 6) is 1.71. The summed E-state index contributed by atoms with van der Waals surface area (Å²) in [7, 11) is 1.68. The highest BCUT2D eigenvalue weighted by Gasteiger charge is 2.08. The number of aryl methyl sites for hydroxylation is 1. The Hall–Kier alpha value is -1.06. The topological polar surface area (TPSA) is 58.1 Å². The molecule has 1 rings (SSSR count). The van der Waals surface area contributed by atoms with Gasteiger partial charge < -0.3 is 20.1 Å². The molecule has 28 heavy (non-hydrogen) atoms. The number of ether oxygens (including phenoxy) is 2. The number of methoxy groups -OCH3 is 1. The average Bonchev–Trinajstić information content (AvgIpc) is 2.64. The average molecular weight is 506 g/mol. The number of guanidine groups is 1. The van der Waals surface area contributed by atoms with E-state index in [2.05, 4.69) is 68.4 Å². The van der Waals surface area contributed by atoms with Crippen LogP contribution >= 0.6 is 24.0 Å². The summed E-state index contributed by atoms with van der Waals surface area (Å²) in [6.07, 6.45) is 0. The summed E-state index contributed by atoms with van der Waals surface area (Å²) in [5, 5.41) is 6.75. The second-order valence-corrected chi connectivity index (χ2v) is 6.80. The van der Waals surface area contributed by atoms with Gasteiger partial charge in [0.1, 0.15) is 12.4 Å². The van der Waals surface area contributed by atoms with Gasteiger partial charge in [-0.1, -0.05) is 19.1 Å². The molecular weight excluding hydrogens is 467 g/mol. The molecule has 162 valence electrons. The van der Waals surface area contributed by atoms with Crippen molar-refractivity contribution in [3.05, 3.63) is 29.3 Å². The predicted octanol–water partition coefficient (Wildman–Crippen LogP) is 3.42. The molecule has 1 aromatic carbocycles. The van der Waals surface area contributed by atoms with Crippen LogP contribution in [0.1, 0.15) is 38.8 Å². The Morgan fingerprint density at radius 1 is 1.18 bits per heavy atom. The van der Waals surface area contributed by atoms with Crippen LogP contribution in [-0.2, 0) is 11.3 Å². The van der Waals surface area contributed by atoms with Gasteiger partial charge in [-0.25, -0.2) is 4.99 Å². The molecule has 0 unspecified atom stereocenters. The molecule has 0 amide bonds. The Balaban J connectivity index is 0.00000729. The minimum absolute atomic E-state index is 0. The lowest BCUT2D eigenvalue weighted by atomic mass is 10.1. The van der Waals surface area contributed by atoms with Crippen LogP contribution in [0.2, 0.25) is 0 Å². The van der Waals surface area contributed by atoms with Crippen LogP contribution in [0.15, 0.2) is 23.2 Å². The number of benzene rings is 1. The number of halogens is 1. The third kappa shape index (κ3) is 10.5. The first-order chi connectivity index (χ1) is 13.0. The Labute approximate surface area is 188 Å². The van der Waals surface area contributed by atoms with Gasteiger partial charge in [0.2, 0.25) is 0 Å². The lowest BCUT2D eigenvalue weighted by molar-refractivity contribution is 0.145. The van der Waals surface area contributed by atoms with Gasteiger partial charge in [0.05, 0.1) is 13.2 Å². The minimum Gasteiger partial charge on any atom is -0.491 e. The van der Waals surface area contributed by atoms with E-state index >= 15 is 0 Å².